The molecule has 1 fully saturated rings. The first-order valence-electron chi connectivity index (χ1n) is 21.2. The molecule has 2 aromatic rings. The highest BCUT2D eigenvalue weighted by molar-refractivity contribution is 5.90. The first-order chi connectivity index (χ1) is 27.5. The molecular formula is C44H72N6O8. The number of likely N-dealkylation sites (N-methyl/N-ethyl adjacent to an activating group) is 2. The van der Waals surface area contributed by atoms with Crippen LogP contribution in [0.4, 0.5) is 0 Å². The molecule has 0 spiro atoms. The monoisotopic (exact) mass is 813 g/mol. The van der Waals surface area contributed by atoms with Crippen LogP contribution in [-0.2, 0) is 39.9 Å². The van der Waals surface area contributed by atoms with Crippen LogP contribution in [0.5, 0.6) is 0 Å². The number of carbonyl (C=O) groups excluding carboxylic acids is 4. The van der Waals surface area contributed by atoms with Crippen LogP contribution in [0.3, 0.4) is 0 Å². The van der Waals surface area contributed by atoms with Gasteiger partial charge in [-0.25, -0.2) is 0 Å². The van der Waals surface area contributed by atoms with Gasteiger partial charge in [-0.05, 0) is 68.7 Å². The number of carbonyl (C=O) groups is 5. The van der Waals surface area contributed by atoms with Crippen LogP contribution in [0.1, 0.15) is 92.6 Å². The molecule has 1 aliphatic heterocycles. The minimum atomic E-state index is -0.887. The fraction of sp³-hybridized carbons (Fsp3) is 0.705. The molecule has 14 nitrogen and oxygen atoms in total. The molecule has 2 heterocycles. The van der Waals surface area contributed by atoms with Crippen molar-refractivity contribution >= 4 is 40.5 Å². The van der Waals surface area contributed by atoms with E-state index in [0.717, 1.165) is 29.3 Å². The Labute approximate surface area is 346 Å². The number of rotatable bonds is 24. The summed E-state index contributed by atoms with van der Waals surface area (Å²) in [5.74, 6) is -2.61. The molecule has 8 atom stereocenters. The number of H-pyrrole nitrogens is 1. The summed E-state index contributed by atoms with van der Waals surface area (Å²) in [5.41, 5.74) is 2.19. The van der Waals surface area contributed by atoms with E-state index in [-0.39, 0.29) is 60.3 Å². The number of carboxylic acid groups (broad SMARTS) is 1. The van der Waals surface area contributed by atoms with E-state index >= 15 is 0 Å². The van der Waals surface area contributed by atoms with Crippen molar-refractivity contribution in [2.75, 3.05) is 47.9 Å². The molecule has 0 bridgehead atoms. The lowest BCUT2D eigenvalue weighted by molar-refractivity contribution is -0.148. The van der Waals surface area contributed by atoms with Gasteiger partial charge in [0.25, 0.3) is 0 Å². The largest absolute Gasteiger partial charge is 0.481 e. The number of aliphatic carboxylic acids is 1. The average molecular weight is 813 g/mol. The smallest absolute Gasteiger partial charge is 0.303 e. The quantitative estimate of drug-likeness (QED) is 0.117. The van der Waals surface area contributed by atoms with Crippen molar-refractivity contribution in [2.24, 2.45) is 23.7 Å². The fourth-order valence-electron chi connectivity index (χ4n) is 8.73. The summed E-state index contributed by atoms with van der Waals surface area (Å²) in [4.78, 5) is 75.6. The summed E-state index contributed by atoms with van der Waals surface area (Å²) in [6.45, 7) is 15.0. The van der Waals surface area contributed by atoms with Crippen molar-refractivity contribution in [3.63, 3.8) is 0 Å². The molecule has 0 aliphatic carbocycles. The molecule has 0 radical (unpaired) electrons. The second-order valence-electron chi connectivity index (χ2n) is 16.9. The van der Waals surface area contributed by atoms with Crippen LogP contribution in [0, 0.1) is 23.7 Å². The van der Waals surface area contributed by atoms with E-state index in [1.54, 1.807) is 33.2 Å². The second-order valence-corrected chi connectivity index (χ2v) is 16.9. The predicted molar refractivity (Wildman–Crippen MR) is 226 cm³/mol. The minimum Gasteiger partial charge on any atom is -0.481 e. The SMILES string of the molecule is CC[C@H](C)C([C@@H](CC(=O)N1CCC[C@H]1[C@H](OC)[C@@H](C)C(=O)NCCc1c[nH]c2ccccc12)OC)N(C)C(=O)[C@@H](NC(=O)[C@H](C(C)C)N(C)CCCC(=O)O)C(C)C. The molecule has 1 unspecified atom stereocenters. The predicted octanol–water partition coefficient (Wildman–Crippen LogP) is 4.71. The Hall–Kier alpha value is -4.01. The second kappa shape index (κ2) is 23.0. The van der Waals surface area contributed by atoms with Crippen molar-refractivity contribution in [1.82, 2.24) is 30.3 Å². The third kappa shape index (κ3) is 12.5. The fourth-order valence-corrected chi connectivity index (χ4v) is 8.73. The topological polar surface area (TPSA) is 174 Å². The van der Waals surface area contributed by atoms with Crippen LogP contribution in [0.25, 0.3) is 10.9 Å². The molecule has 1 saturated heterocycles. The number of methoxy groups -OCH3 is 2. The number of nitrogens with one attached hydrogen (secondary N) is 3. The van der Waals surface area contributed by atoms with Gasteiger partial charge in [0.1, 0.15) is 6.04 Å². The molecule has 4 N–H and O–H groups in total. The maximum atomic E-state index is 14.4. The van der Waals surface area contributed by atoms with E-state index in [9.17, 15) is 24.0 Å². The van der Waals surface area contributed by atoms with Crippen molar-refractivity contribution < 1.29 is 38.6 Å². The van der Waals surface area contributed by atoms with E-state index in [1.165, 1.54) is 0 Å². The van der Waals surface area contributed by atoms with E-state index in [1.807, 2.05) is 82.7 Å². The maximum Gasteiger partial charge on any atom is 0.303 e. The number of amides is 4. The van der Waals surface area contributed by atoms with Crippen molar-refractivity contribution in [2.45, 2.75) is 130 Å². The van der Waals surface area contributed by atoms with Gasteiger partial charge in [-0.2, -0.15) is 0 Å². The first kappa shape index (κ1) is 48.4. The average Bonchev–Trinajstić information content (AvgIpc) is 3.84. The minimum absolute atomic E-state index is 0.00411. The third-order valence-electron chi connectivity index (χ3n) is 12.1. The van der Waals surface area contributed by atoms with E-state index < -0.39 is 42.2 Å². The van der Waals surface area contributed by atoms with E-state index in [2.05, 4.69) is 21.7 Å². The van der Waals surface area contributed by atoms with Gasteiger partial charge in [0.15, 0.2) is 0 Å². The number of fused-ring (bicyclic) bond motifs is 1. The van der Waals surface area contributed by atoms with Crippen molar-refractivity contribution in [1.29, 1.82) is 0 Å². The maximum absolute atomic E-state index is 14.4. The Morgan fingerprint density at radius 1 is 0.983 bits per heavy atom. The number of ether oxygens (including phenoxy) is 2. The number of benzene rings is 1. The highest BCUT2D eigenvalue weighted by Gasteiger charge is 2.43. The molecular weight excluding hydrogens is 741 g/mol. The van der Waals surface area contributed by atoms with Gasteiger partial charge in [-0.15, -0.1) is 0 Å². The highest BCUT2D eigenvalue weighted by Crippen LogP contribution is 2.30. The van der Waals surface area contributed by atoms with Crippen LogP contribution < -0.4 is 10.6 Å². The summed E-state index contributed by atoms with van der Waals surface area (Å²) in [7, 11) is 6.66. The van der Waals surface area contributed by atoms with E-state index in [0.29, 0.717) is 38.9 Å². The summed E-state index contributed by atoms with van der Waals surface area (Å²) < 4.78 is 12.0. The Kier molecular flexibility index (Phi) is 19.1. The Morgan fingerprint density at radius 3 is 2.28 bits per heavy atom. The van der Waals surface area contributed by atoms with Crippen LogP contribution in [-0.4, -0.2) is 139 Å². The standard InChI is InChI=1S/C44H72N6O8/c1-12-29(6)40(49(9)44(56)38(27(2)3)47-43(55)39(28(4)5)48(8)23-16-20-37(52)53)35(57-10)25-36(51)50-24-15-19-34(50)41(58-11)30(7)42(54)45-22-21-31-26-46-33-18-14-13-17-32(31)33/h13-14,17-18,26-30,34-35,38-41,46H,12,15-16,19-25H2,1-11H3,(H,45,54)(H,47,55)(H,52,53)/t29-,30+,34-,35+,38-,39-,40?,41+/m0/s1. The third-order valence-corrected chi connectivity index (χ3v) is 12.1. The molecule has 4 amide bonds. The lowest BCUT2D eigenvalue weighted by Crippen LogP contribution is -2.60. The van der Waals surface area contributed by atoms with Gasteiger partial charge in [0, 0.05) is 57.9 Å². The lowest BCUT2D eigenvalue weighted by atomic mass is 9.89. The summed E-state index contributed by atoms with van der Waals surface area (Å²) in [6.07, 6.45) is 4.12. The Morgan fingerprint density at radius 2 is 1.67 bits per heavy atom. The van der Waals surface area contributed by atoms with Crippen LogP contribution in [0.2, 0.25) is 0 Å². The number of likely N-dealkylation sites (tertiary alicyclic amines) is 1. The van der Waals surface area contributed by atoms with Gasteiger partial charge in [-0.3, -0.25) is 28.9 Å². The number of aromatic amines is 1. The summed E-state index contributed by atoms with van der Waals surface area (Å²) in [6, 6.07) is 5.89. The lowest BCUT2D eigenvalue weighted by Gasteiger charge is -2.41. The number of hydrogen-bond donors (Lipinski definition) is 4. The zero-order valence-corrected chi connectivity index (χ0v) is 36.9. The van der Waals surface area contributed by atoms with E-state index in [4.69, 9.17) is 14.6 Å². The van der Waals surface area contributed by atoms with Gasteiger partial charge < -0.3 is 40.0 Å². The molecule has 1 aliphatic rings. The Balaban J connectivity index is 1.72. The first-order valence-corrected chi connectivity index (χ1v) is 21.2. The van der Waals surface area contributed by atoms with Gasteiger partial charge >= 0.3 is 5.97 Å². The van der Waals surface area contributed by atoms with Crippen molar-refractivity contribution in [3.05, 3.63) is 36.0 Å². The number of hydrogen-bond acceptors (Lipinski definition) is 8. The highest BCUT2D eigenvalue weighted by atomic mass is 16.5. The number of aromatic nitrogens is 1. The zero-order valence-electron chi connectivity index (χ0n) is 36.9. The van der Waals surface area contributed by atoms with Gasteiger partial charge in [0.2, 0.25) is 23.6 Å². The normalized spacial score (nSPS) is 18.2. The zero-order chi connectivity index (χ0) is 43.3. The van der Waals surface area contributed by atoms with Gasteiger partial charge in [-0.1, -0.05) is 73.1 Å². The number of para-hydroxylation sites is 1. The van der Waals surface area contributed by atoms with Crippen LogP contribution >= 0.6 is 0 Å². The molecule has 326 valence electrons. The Bertz CT molecular complexity index is 1650. The molecule has 14 heteroatoms. The molecule has 3 rings (SSSR count). The van der Waals surface area contributed by atoms with Gasteiger partial charge in [0.05, 0.1) is 42.7 Å². The molecule has 1 aromatic carbocycles. The molecule has 1 aromatic heterocycles. The summed E-state index contributed by atoms with van der Waals surface area (Å²) in [5, 5.41) is 16.3. The number of nitrogens with zero attached hydrogens (tertiary/aromatic N) is 3. The number of carboxylic acids is 1. The molecule has 58 heavy (non-hydrogen) atoms. The van der Waals surface area contributed by atoms with Crippen LogP contribution in [0.15, 0.2) is 30.5 Å². The molecule has 0 saturated carbocycles. The summed E-state index contributed by atoms with van der Waals surface area (Å²) >= 11 is 0. The van der Waals surface area contributed by atoms with Crippen molar-refractivity contribution in [3.8, 4) is 0 Å².